The van der Waals surface area contributed by atoms with Crippen molar-refractivity contribution < 1.29 is 5.11 Å². The van der Waals surface area contributed by atoms with E-state index in [1.807, 2.05) is 0 Å². The molecule has 1 unspecified atom stereocenters. The summed E-state index contributed by atoms with van der Waals surface area (Å²) in [6.45, 7) is 10.0. The van der Waals surface area contributed by atoms with Crippen molar-refractivity contribution in [3.8, 4) is 0 Å². The van der Waals surface area contributed by atoms with Gasteiger partial charge in [0.1, 0.15) is 0 Å². The lowest BCUT2D eigenvalue weighted by atomic mass is 10.0. The molecule has 2 fully saturated rings. The zero-order valence-corrected chi connectivity index (χ0v) is 13.0. The van der Waals surface area contributed by atoms with E-state index < -0.39 is 0 Å². The van der Waals surface area contributed by atoms with E-state index in [0.717, 1.165) is 38.6 Å². The Bertz CT molecular complexity index is 321. The highest BCUT2D eigenvalue weighted by Crippen LogP contribution is 2.15. The number of piperidine rings is 1. The molecule has 0 radical (unpaired) electrons. The molecular formula is C15H30N4O. The molecule has 0 aliphatic carbocycles. The van der Waals surface area contributed by atoms with Gasteiger partial charge < -0.3 is 15.3 Å². The normalized spacial score (nSPS) is 28.9. The van der Waals surface area contributed by atoms with Gasteiger partial charge in [0.05, 0.1) is 12.6 Å². The van der Waals surface area contributed by atoms with Crippen LogP contribution in [-0.2, 0) is 0 Å². The van der Waals surface area contributed by atoms with Gasteiger partial charge in [0.15, 0.2) is 5.96 Å². The predicted molar refractivity (Wildman–Crippen MR) is 83.1 cm³/mol. The third-order valence-corrected chi connectivity index (χ3v) is 4.39. The molecule has 0 amide bonds. The molecule has 0 bridgehead atoms. The Morgan fingerprint density at radius 1 is 1.30 bits per heavy atom. The fourth-order valence-corrected chi connectivity index (χ4v) is 3.13. The maximum atomic E-state index is 9.65. The van der Waals surface area contributed by atoms with Crippen LogP contribution < -0.4 is 5.32 Å². The van der Waals surface area contributed by atoms with E-state index in [2.05, 4.69) is 29.0 Å². The van der Waals surface area contributed by atoms with Crippen molar-refractivity contribution in [1.82, 2.24) is 15.1 Å². The van der Waals surface area contributed by atoms with E-state index in [0.29, 0.717) is 12.6 Å². The second kappa shape index (κ2) is 7.84. The first-order valence-electron chi connectivity index (χ1n) is 8.16. The lowest BCUT2D eigenvalue weighted by Crippen LogP contribution is -2.42. The van der Waals surface area contributed by atoms with E-state index in [1.165, 1.54) is 25.8 Å². The summed E-state index contributed by atoms with van der Waals surface area (Å²) in [7, 11) is 0. The molecule has 0 saturated carbocycles. The van der Waals surface area contributed by atoms with Crippen LogP contribution in [0.25, 0.3) is 0 Å². The van der Waals surface area contributed by atoms with Crippen molar-refractivity contribution in [2.75, 3.05) is 39.3 Å². The first-order valence-corrected chi connectivity index (χ1v) is 8.16. The third kappa shape index (κ3) is 4.35. The lowest BCUT2D eigenvalue weighted by Gasteiger charge is -2.33. The second-order valence-electron chi connectivity index (χ2n) is 6.00. The van der Waals surface area contributed by atoms with Crippen LogP contribution in [0.1, 0.15) is 39.5 Å². The number of rotatable bonds is 4. The van der Waals surface area contributed by atoms with Crippen molar-refractivity contribution in [3.05, 3.63) is 0 Å². The smallest absolute Gasteiger partial charge is 0.194 e. The van der Waals surface area contributed by atoms with Crippen LogP contribution in [0.4, 0.5) is 0 Å². The van der Waals surface area contributed by atoms with Gasteiger partial charge in [-0.1, -0.05) is 6.42 Å². The van der Waals surface area contributed by atoms with Gasteiger partial charge in [-0.15, -0.1) is 0 Å². The first kappa shape index (κ1) is 15.6. The second-order valence-corrected chi connectivity index (χ2v) is 6.00. The summed E-state index contributed by atoms with van der Waals surface area (Å²) in [6, 6.07) is 0.704. The molecule has 2 aliphatic heterocycles. The predicted octanol–water partition coefficient (Wildman–Crippen LogP) is 0.893. The maximum absolute atomic E-state index is 9.65. The molecule has 2 saturated heterocycles. The minimum Gasteiger partial charge on any atom is -0.391 e. The SMILES string of the molecule is CCNC(=NCCN1CCCCC1C)N1CC[C@@H](O)C1. The molecule has 116 valence electrons. The number of hydrogen-bond donors (Lipinski definition) is 2. The first-order chi connectivity index (χ1) is 9.70. The Balaban J connectivity index is 1.82. The van der Waals surface area contributed by atoms with Crippen LogP contribution in [0.5, 0.6) is 0 Å². The third-order valence-electron chi connectivity index (χ3n) is 4.39. The van der Waals surface area contributed by atoms with Crippen LogP contribution >= 0.6 is 0 Å². The Morgan fingerprint density at radius 3 is 2.80 bits per heavy atom. The molecule has 5 heteroatoms. The van der Waals surface area contributed by atoms with Gasteiger partial charge in [-0.25, -0.2) is 0 Å². The Morgan fingerprint density at radius 2 is 2.15 bits per heavy atom. The summed E-state index contributed by atoms with van der Waals surface area (Å²) in [4.78, 5) is 9.46. The minimum atomic E-state index is -0.194. The zero-order chi connectivity index (χ0) is 14.4. The van der Waals surface area contributed by atoms with E-state index in [4.69, 9.17) is 4.99 Å². The summed E-state index contributed by atoms with van der Waals surface area (Å²) in [6.07, 6.45) is 4.68. The molecule has 2 heterocycles. The summed E-state index contributed by atoms with van der Waals surface area (Å²) >= 11 is 0. The van der Waals surface area contributed by atoms with Crippen LogP contribution in [0, 0.1) is 0 Å². The number of hydrogen-bond acceptors (Lipinski definition) is 3. The fraction of sp³-hybridized carbons (Fsp3) is 0.933. The zero-order valence-electron chi connectivity index (χ0n) is 13.0. The minimum absolute atomic E-state index is 0.194. The summed E-state index contributed by atoms with van der Waals surface area (Å²) < 4.78 is 0. The molecule has 20 heavy (non-hydrogen) atoms. The molecule has 2 aliphatic rings. The van der Waals surface area contributed by atoms with E-state index in [9.17, 15) is 5.11 Å². The van der Waals surface area contributed by atoms with Gasteiger partial charge in [0.2, 0.25) is 0 Å². The molecule has 0 aromatic rings. The van der Waals surface area contributed by atoms with Crippen molar-refractivity contribution in [2.24, 2.45) is 4.99 Å². The molecule has 2 rings (SSSR count). The lowest BCUT2D eigenvalue weighted by molar-refractivity contribution is 0.165. The monoisotopic (exact) mass is 282 g/mol. The van der Waals surface area contributed by atoms with E-state index in [-0.39, 0.29) is 6.10 Å². The van der Waals surface area contributed by atoms with E-state index in [1.54, 1.807) is 0 Å². The van der Waals surface area contributed by atoms with Crippen molar-refractivity contribution in [3.63, 3.8) is 0 Å². The summed E-state index contributed by atoms with van der Waals surface area (Å²) in [5.74, 6) is 0.966. The average Bonchev–Trinajstić information content (AvgIpc) is 2.86. The highest BCUT2D eigenvalue weighted by Gasteiger charge is 2.23. The van der Waals surface area contributed by atoms with Gasteiger partial charge in [-0.05, 0) is 39.7 Å². The van der Waals surface area contributed by atoms with Crippen LogP contribution in [0.2, 0.25) is 0 Å². The number of nitrogens with zero attached hydrogens (tertiary/aromatic N) is 3. The number of β-amino-alcohol motifs (C(OH)–C–C–N with tert-alkyl or cyclic N) is 1. The number of guanidine groups is 1. The molecular weight excluding hydrogens is 252 g/mol. The molecule has 2 N–H and O–H groups in total. The van der Waals surface area contributed by atoms with Crippen molar-refractivity contribution >= 4 is 5.96 Å². The number of aliphatic hydroxyl groups excluding tert-OH is 1. The van der Waals surface area contributed by atoms with Gasteiger partial charge in [-0.3, -0.25) is 9.89 Å². The molecule has 0 spiro atoms. The van der Waals surface area contributed by atoms with Crippen molar-refractivity contribution in [1.29, 1.82) is 0 Å². The Kier molecular flexibility index (Phi) is 6.10. The Hall–Kier alpha value is -0.810. The number of aliphatic hydroxyl groups is 1. The maximum Gasteiger partial charge on any atom is 0.194 e. The fourth-order valence-electron chi connectivity index (χ4n) is 3.13. The highest BCUT2D eigenvalue weighted by molar-refractivity contribution is 5.80. The van der Waals surface area contributed by atoms with Crippen LogP contribution in [-0.4, -0.2) is 72.3 Å². The summed E-state index contributed by atoms with van der Waals surface area (Å²) in [5.41, 5.74) is 0. The summed E-state index contributed by atoms with van der Waals surface area (Å²) in [5, 5.41) is 13.0. The highest BCUT2D eigenvalue weighted by atomic mass is 16.3. The van der Waals surface area contributed by atoms with E-state index >= 15 is 0 Å². The average molecular weight is 282 g/mol. The number of nitrogens with one attached hydrogen (secondary N) is 1. The Labute approximate surface area is 123 Å². The number of aliphatic imine (C=N–C) groups is 1. The van der Waals surface area contributed by atoms with Crippen molar-refractivity contribution in [2.45, 2.75) is 51.7 Å². The van der Waals surface area contributed by atoms with Crippen LogP contribution in [0.15, 0.2) is 4.99 Å². The van der Waals surface area contributed by atoms with Crippen LogP contribution in [0.3, 0.4) is 0 Å². The van der Waals surface area contributed by atoms with Gasteiger partial charge >= 0.3 is 0 Å². The number of likely N-dealkylation sites (tertiary alicyclic amines) is 2. The molecule has 5 nitrogen and oxygen atoms in total. The molecule has 0 aromatic carbocycles. The van der Waals surface area contributed by atoms with Gasteiger partial charge in [0.25, 0.3) is 0 Å². The largest absolute Gasteiger partial charge is 0.391 e. The molecule has 2 atom stereocenters. The molecule has 0 aromatic heterocycles. The van der Waals surface area contributed by atoms with Gasteiger partial charge in [-0.2, -0.15) is 0 Å². The van der Waals surface area contributed by atoms with Gasteiger partial charge in [0, 0.05) is 32.2 Å². The standard InChI is InChI=1S/C15H30N4O/c1-3-16-15(19-10-7-14(20)12-19)17-8-11-18-9-5-4-6-13(18)2/h13-14,20H,3-12H2,1-2H3,(H,16,17)/t13?,14-/m1/s1. The topological polar surface area (TPSA) is 51.1 Å². The quantitative estimate of drug-likeness (QED) is 0.594.